The van der Waals surface area contributed by atoms with E-state index < -0.39 is 42.5 Å². The van der Waals surface area contributed by atoms with Gasteiger partial charge in [-0.3, -0.25) is 0 Å². The van der Waals surface area contributed by atoms with E-state index in [4.69, 9.17) is 14.9 Å². The molecule has 158 valence electrons. The van der Waals surface area contributed by atoms with Crippen LogP contribution in [0, 0.1) is 11.6 Å². The summed E-state index contributed by atoms with van der Waals surface area (Å²) in [6, 6.07) is 3.27. The zero-order valence-corrected chi connectivity index (χ0v) is 16.0. The molecule has 4 N–H and O–H groups in total. The van der Waals surface area contributed by atoms with E-state index in [1.54, 1.807) is 0 Å². The Morgan fingerprint density at radius 2 is 2.11 bits per heavy atom. The molecule has 1 aromatic carbocycles. The summed E-state index contributed by atoms with van der Waals surface area (Å²) in [7, 11) is 0. The van der Waals surface area contributed by atoms with Gasteiger partial charge >= 0.3 is 5.97 Å². The van der Waals surface area contributed by atoms with E-state index in [0.29, 0.717) is 37.8 Å². The molecule has 1 aliphatic rings. The van der Waals surface area contributed by atoms with Crippen molar-refractivity contribution in [3.63, 3.8) is 0 Å². The lowest BCUT2D eigenvalue weighted by atomic mass is 9.91. The Balaban J connectivity index is 1.96. The van der Waals surface area contributed by atoms with E-state index in [0.717, 1.165) is 12.1 Å². The standard InChI is InChI=1S/C20H29F2NO5/c1-2-12(15-9-13(21)3-4-16(15)22)7-8-23-17-5-6-18(20(26)27)28-19(17)10-14(25)11-24/h3-4,9,12,14,17-19,23-25H,2,5-8,10-11H2,1H3,(H,26,27)/t12?,14-,17+,18-,19+/m0/s1. The predicted molar refractivity (Wildman–Crippen MR) is 99.0 cm³/mol. The Labute approximate surface area is 163 Å². The number of carboxylic acids is 1. The summed E-state index contributed by atoms with van der Waals surface area (Å²) in [5, 5.41) is 31.3. The molecule has 5 atom stereocenters. The molecule has 28 heavy (non-hydrogen) atoms. The van der Waals surface area contributed by atoms with Gasteiger partial charge in [0.15, 0.2) is 6.10 Å². The fourth-order valence-corrected chi connectivity index (χ4v) is 3.72. The second-order valence-corrected chi connectivity index (χ2v) is 7.27. The fourth-order valence-electron chi connectivity index (χ4n) is 3.72. The highest BCUT2D eigenvalue weighted by atomic mass is 19.1. The van der Waals surface area contributed by atoms with Crippen LogP contribution in [0.25, 0.3) is 0 Å². The Bertz CT molecular complexity index is 645. The highest BCUT2D eigenvalue weighted by Gasteiger charge is 2.35. The zero-order valence-electron chi connectivity index (χ0n) is 16.0. The highest BCUT2D eigenvalue weighted by molar-refractivity contribution is 5.72. The molecule has 0 spiro atoms. The van der Waals surface area contributed by atoms with Crippen LogP contribution in [0.3, 0.4) is 0 Å². The monoisotopic (exact) mass is 401 g/mol. The lowest BCUT2D eigenvalue weighted by molar-refractivity contribution is -0.163. The quantitative estimate of drug-likeness (QED) is 0.480. The van der Waals surface area contributed by atoms with Gasteiger partial charge in [-0.25, -0.2) is 13.6 Å². The molecule has 1 aromatic rings. The number of nitrogens with one attached hydrogen (secondary N) is 1. The van der Waals surface area contributed by atoms with E-state index in [9.17, 15) is 18.7 Å². The van der Waals surface area contributed by atoms with Crippen LogP contribution in [0.15, 0.2) is 18.2 Å². The lowest BCUT2D eigenvalue weighted by Gasteiger charge is -2.36. The third-order valence-corrected chi connectivity index (χ3v) is 5.31. The molecule has 8 heteroatoms. The second kappa shape index (κ2) is 10.8. The minimum atomic E-state index is -1.05. The van der Waals surface area contributed by atoms with E-state index in [2.05, 4.69) is 5.32 Å². The van der Waals surface area contributed by atoms with Crippen molar-refractivity contribution in [2.24, 2.45) is 0 Å². The van der Waals surface area contributed by atoms with E-state index >= 15 is 0 Å². The summed E-state index contributed by atoms with van der Waals surface area (Å²) in [4.78, 5) is 11.2. The van der Waals surface area contributed by atoms with Gasteiger partial charge in [0.25, 0.3) is 0 Å². The van der Waals surface area contributed by atoms with Crippen LogP contribution >= 0.6 is 0 Å². The third-order valence-electron chi connectivity index (χ3n) is 5.31. The van der Waals surface area contributed by atoms with Crippen LogP contribution in [-0.4, -0.2) is 58.8 Å². The average molecular weight is 401 g/mol. The van der Waals surface area contributed by atoms with Gasteiger partial charge in [0.2, 0.25) is 0 Å². The molecule has 0 amide bonds. The van der Waals surface area contributed by atoms with Crippen LogP contribution < -0.4 is 5.32 Å². The molecule has 2 rings (SSSR count). The first kappa shape index (κ1) is 22.7. The first-order valence-corrected chi connectivity index (χ1v) is 9.71. The van der Waals surface area contributed by atoms with Gasteiger partial charge in [-0.15, -0.1) is 0 Å². The molecule has 1 heterocycles. The van der Waals surface area contributed by atoms with Gasteiger partial charge in [0.1, 0.15) is 11.6 Å². The van der Waals surface area contributed by atoms with Gasteiger partial charge < -0.3 is 25.4 Å². The van der Waals surface area contributed by atoms with Gasteiger partial charge in [-0.2, -0.15) is 0 Å². The minimum Gasteiger partial charge on any atom is -0.479 e. The zero-order chi connectivity index (χ0) is 20.7. The molecular weight excluding hydrogens is 372 g/mol. The molecule has 1 unspecified atom stereocenters. The molecule has 0 radical (unpaired) electrons. The predicted octanol–water partition coefficient (Wildman–Crippen LogP) is 2.18. The topological polar surface area (TPSA) is 99.0 Å². The summed E-state index contributed by atoms with van der Waals surface area (Å²) < 4.78 is 33.1. The Hall–Kier alpha value is -1.61. The number of aliphatic hydroxyl groups is 2. The van der Waals surface area contributed by atoms with Gasteiger partial charge in [0, 0.05) is 12.5 Å². The van der Waals surface area contributed by atoms with Crippen molar-refractivity contribution in [2.45, 2.75) is 69.3 Å². The largest absolute Gasteiger partial charge is 0.479 e. The normalized spacial score (nSPS) is 24.7. The summed E-state index contributed by atoms with van der Waals surface area (Å²) >= 11 is 0. The summed E-state index contributed by atoms with van der Waals surface area (Å²) in [5.41, 5.74) is 0.349. The van der Waals surface area contributed by atoms with Crippen molar-refractivity contribution < 1.29 is 33.6 Å². The number of ether oxygens (including phenoxy) is 1. The summed E-state index contributed by atoms with van der Waals surface area (Å²) in [5.74, 6) is -2.10. The van der Waals surface area contributed by atoms with Crippen LogP contribution in [0.2, 0.25) is 0 Å². The van der Waals surface area contributed by atoms with Crippen LogP contribution in [0.5, 0.6) is 0 Å². The highest BCUT2D eigenvalue weighted by Crippen LogP contribution is 2.27. The number of halogens is 2. The maximum atomic E-state index is 14.0. The average Bonchev–Trinajstić information content (AvgIpc) is 2.68. The molecular formula is C20H29F2NO5. The lowest BCUT2D eigenvalue weighted by Crippen LogP contribution is -2.50. The maximum Gasteiger partial charge on any atom is 0.332 e. The van der Waals surface area contributed by atoms with Crippen molar-refractivity contribution in [1.29, 1.82) is 0 Å². The maximum absolute atomic E-state index is 14.0. The van der Waals surface area contributed by atoms with Crippen molar-refractivity contribution in [1.82, 2.24) is 5.32 Å². The molecule has 1 aliphatic heterocycles. The van der Waals surface area contributed by atoms with Crippen LogP contribution in [-0.2, 0) is 9.53 Å². The van der Waals surface area contributed by atoms with E-state index in [1.807, 2.05) is 6.92 Å². The Kier molecular flexibility index (Phi) is 8.75. The van der Waals surface area contributed by atoms with Gasteiger partial charge in [0.05, 0.1) is 18.8 Å². The fraction of sp³-hybridized carbons (Fsp3) is 0.650. The molecule has 1 saturated heterocycles. The van der Waals surface area contributed by atoms with Gasteiger partial charge in [-0.1, -0.05) is 6.92 Å². The number of carboxylic acid groups (broad SMARTS) is 1. The smallest absolute Gasteiger partial charge is 0.332 e. The van der Waals surface area contributed by atoms with Crippen LogP contribution in [0.1, 0.15) is 50.5 Å². The number of hydrogen-bond acceptors (Lipinski definition) is 5. The molecule has 0 aromatic heterocycles. The number of rotatable bonds is 10. The summed E-state index contributed by atoms with van der Waals surface area (Å²) in [6.45, 7) is 1.99. The SMILES string of the molecule is CCC(CCN[C@@H]1CC[C@@H](C(=O)O)O[C@@H]1C[C@H](O)CO)c1cc(F)ccc1F. The number of benzene rings is 1. The molecule has 0 aliphatic carbocycles. The number of hydrogen-bond donors (Lipinski definition) is 4. The number of carbonyl (C=O) groups is 1. The van der Waals surface area contributed by atoms with Gasteiger partial charge in [-0.05, 0) is 61.9 Å². The van der Waals surface area contributed by atoms with Crippen molar-refractivity contribution in [3.8, 4) is 0 Å². The molecule has 1 fully saturated rings. The van der Waals surface area contributed by atoms with Crippen molar-refractivity contribution in [3.05, 3.63) is 35.4 Å². The van der Waals surface area contributed by atoms with E-state index in [-0.39, 0.29) is 18.4 Å². The Morgan fingerprint density at radius 1 is 1.36 bits per heavy atom. The summed E-state index contributed by atoms with van der Waals surface area (Å²) in [6.07, 6.45) is -0.247. The number of aliphatic carboxylic acids is 1. The number of aliphatic hydroxyl groups excluding tert-OH is 2. The minimum absolute atomic E-state index is 0.119. The molecule has 6 nitrogen and oxygen atoms in total. The van der Waals surface area contributed by atoms with Crippen molar-refractivity contribution >= 4 is 5.97 Å². The molecule has 0 bridgehead atoms. The molecule has 0 saturated carbocycles. The third kappa shape index (κ3) is 6.20. The Morgan fingerprint density at radius 3 is 2.75 bits per heavy atom. The van der Waals surface area contributed by atoms with E-state index in [1.165, 1.54) is 6.07 Å². The first-order valence-electron chi connectivity index (χ1n) is 9.71. The van der Waals surface area contributed by atoms with Crippen molar-refractivity contribution in [2.75, 3.05) is 13.2 Å². The first-order chi connectivity index (χ1) is 13.3. The van der Waals surface area contributed by atoms with Crippen LogP contribution in [0.4, 0.5) is 8.78 Å². The second-order valence-electron chi connectivity index (χ2n) is 7.27.